The largest absolute Gasteiger partial charge is 0.394 e. The number of fused-ring (bicyclic) bond motifs is 1. The van der Waals surface area contributed by atoms with Gasteiger partial charge in [0, 0.05) is 18.5 Å². The van der Waals surface area contributed by atoms with Crippen LogP contribution in [0.1, 0.15) is 24.2 Å². The molecule has 0 spiro atoms. The number of aliphatic hydroxyl groups excluding tert-OH is 1. The van der Waals surface area contributed by atoms with Gasteiger partial charge in [0.2, 0.25) is 0 Å². The summed E-state index contributed by atoms with van der Waals surface area (Å²) in [6.45, 7) is 0.383. The van der Waals surface area contributed by atoms with Crippen LogP contribution >= 0.6 is 0 Å². The van der Waals surface area contributed by atoms with Gasteiger partial charge in [0.05, 0.1) is 18.6 Å². The molecule has 1 N–H and O–H groups in total. The van der Waals surface area contributed by atoms with E-state index in [1.807, 2.05) is 24.4 Å². The van der Waals surface area contributed by atoms with Crippen molar-refractivity contribution in [2.24, 2.45) is 0 Å². The summed E-state index contributed by atoms with van der Waals surface area (Å²) in [5.41, 5.74) is 2.59. The van der Waals surface area contributed by atoms with Crippen LogP contribution in [0.25, 0.3) is 17.2 Å². The zero-order chi connectivity index (χ0) is 17.6. The molecule has 130 valence electrons. The molecule has 26 heavy (non-hydrogen) atoms. The van der Waals surface area contributed by atoms with E-state index in [9.17, 15) is 5.11 Å². The Balaban J connectivity index is 1.62. The Kier molecular flexibility index (Phi) is 3.36. The summed E-state index contributed by atoms with van der Waals surface area (Å²) in [6, 6.07) is 14.1. The molecular formula is C19H18N6O. The first kappa shape index (κ1) is 15.2. The molecule has 1 saturated carbocycles. The monoisotopic (exact) mass is 346 g/mol. The molecule has 0 atom stereocenters. The highest BCUT2D eigenvalue weighted by Gasteiger charge is 2.49. The fourth-order valence-corrected chi connectivity index (χ4v) is 3.45. The zero-order valence-electron chi connectivity index (χ0n) is 14.2. The second kappa shape index (κ2) is 5.74. The molecule has 0 saturated heterocycles. The second-order valence-electron chi connectivity index (χ2n) is 6.61. The van der Waals surface area contributed by atoms with Crippen LogP contribution < -0.4 is 0 Å². The average molecular weight is 346 g/mol. The molecule has 7 heteroatoms. The van der Waals surface area contributed by atoms with Crippen molar-refractivity contribution in [1.29, 1.82) is 0 Å². The number of hydrogen-bond donors (Lipinski definition) is 1. The number of aromatic nitrogens is 6. The maximum atomic E-state index is 9.45. The van der Waals surface area contributed by atoms with E-state index in [0.717, 1.165) is 24.3 Å². The molecule has 7 nitrogen and oxygen atoms in total. The Labute approximate surface area is 150 Å². The molecular weight excluding hydrogens is 328 g/mol. The van der Waals surface area contributed by atoms with Crippen LogP contribution in [-0.4, -0.2) is 41.1 Å². The number of rotatable bonds is 5. The van der Waals surface area contributed by atoms with Gasteiger partial charge >= 0.3 is 0 Å². The molecule has 5 rings (SSSR count). The highest BCUT2D eigenvalue weighted by atomic mass is 16.3. The molecule has 0 bridgehead atoms. The Morgan fingerprint density at radius 3 is 2.65 bits per heavy atom. The van der Waals surface area contributed by atoms with Crippen LogP contribution in [0, 0.1) is 0 Å². The highest BCUT2D eigenvalue weighted by Crippen LogP contribution is 2.52. The number of hydrogen-bond acceptors (Lipinski definition) is 5. The summed E-state index contributed by atoms with van der Waals surface area (Å²) < 4.78 is 3.47. The lowest BCUT2D eigenvalue weighted by Gasteiger charge is -2.11. The van der Waals surface area contributed by atoms with Crippen molar-refractivity contribution in [3.63, 3.8) is 0 Å². The van der Waals surface area contributed by atoms with Crippen molar-refractivity contribution in [2.75, 3.05) is 6.61 Å². The van der Waals surface area contributed by atoms with Crippen molar-refractivity contribution in [3.8, 4) is 11.5 Å². The average Bonchev–Trinajstić information content (AvgIpc) is 3.20. The molecule has 0 amide bonds. The van der Waals surface area contributed by atoms with Crippen LogP contribution in [0.3, 0.4) is 0 Å². The SMILES string of the molecule is OCCn1nc(C2(c3ccccc3)CC2)nc1-c1cc2ncccn2n1. The Hall–Kier alpha value is -3.06. The van der Waals surface area contributed by atoms with Gasteiger partial charge in [-0.25, -0.2) is 19.2 Å². The normalized spacial score (nSPS) is 15.4. The molecule has 1 aliphatic carbocycles. The third kappa shape index (κ3) is 2.32. The van der Waals surface area contributed by atoms with Crippen LogP contribution in [0.4, 0.5) is 0 Å². The molecule has 0 unspecified atom stereocenters. The summed E-state index contributed by atoms with van der Waals surface area (Å²) in [5.74, 6) is 1.47. The Bertz CT molecular complexity index is 1030. The minimum absolute atomic E-state index is 0.000240. The van der Waals surface area contributed by atoms with E-state index < -0.39 is 0 Å². The van der Waals surface area contributed by atoms with Crippen molar-refractivity contribution in [3.05, 3.63) is 66.2 Å². The van der Waals surface area contributed by atoms with Crippen LogP contribution in [0.15, 0.2) is 54.9 Å². The quantitative estimate of drug-likeness (QED) is 0.598. The molecule has 0 radical (unpaired) electrons. The smallest absolute Gasteiger partial charge is 0.179 e. The molecule has 1 aromatic carbocycles. The van der Waals surface area contributed by atoms with Gasteiger partial charge in [0.15, 0.2) is 17.3 Å². The predicted molar refractivity (Wildman–Crippen MR) is 95.5 cm³/mol. The fourth-order valence-electron chi connectivity index (χ4n) is 3.45. The highest BCUT2D eigenvalue weighted by molar-refractivity contribution is 5.58. The second-order valence-corrected chi connectivity index (χ2v) is 6.61. The molecule has 1 fully saturated rings. The Morgan fingerprint density at radius 1 is 1.08 bits per heavy atom. The van der Waals surface area contributed by atoms with Crippen molar-refractivity contribution in [2.45, 2.75) is 24.8 Å². The maximum absolute atomic E-state index is 9.45. The van der Waals surface area contributed by atoms with Crippen molar-refractivity contribution >= 4 is 5.65 Å². The van der Waals surface area contributed by atoms with E-state index in [0.29, 0.717) is 18.1 Å². The number of benzene rings is 1. The lowest BCUT2D eigenvalue weighted by molar-refractivity contribution is 0.269. The predicted octanol–water partition coefficient (Wildman–Crippen LogP) is 2.06. The lowest BCUT2D eigenvalue weighted by Crippen LogP contribution is -2.12. The first-order valence-corrected chi connectivity index (χ1v) is 8.73. The van der Waals surface area contributed by atoms with Gasteiger partial charge in [0.25, 0.3) is 0 Å². The lowest BCUT2D eigenvalue weighted by atomic mass is 9.95. The summed E-state index contributed by atoms with van der Waals surface area (Å²) in [7, 11) is 0. The molecule has 4 aromatic rings. The first-order valence-electron chi connectivity index (χ1n) is 8.73. The maximum Gasteiger partial charge on any atom is 0.179 e. The van der Waals surface area contributed by atoms with Gasteiger partial charge in [-0.15, -0.1) is 0 Å². The van der Waals surface area contributed by atoms with E-state index in [4.69, 9.17) is 10.1 Å². The van der Waals surface area contributed by atoms with E-state index in [1.54, 1.807) is 15.4 Å². The van der Waals surface area contributed by atoms with E-state index in [-0.39, 0.29) is 12.0 Å². The summed E-state index contributed by atoms with van der Waals surface area (Å²) in [5, 5.41) is 18.7. The van der Waals surface area contributed by atoms with E-state index in [2.05, 4.69) is 34.3 Å². The standard InChI is InChI=1S/C19H18N6O/c26-12-11-25-17(15-13-16-20-9-4-10-24(16)22-15)21-18(23-25)19(7-8-19)14-5-2-1-3-6-14/h1-6,9-10,13,26H,7-8,11-12H2. The topological polar surface area (TPSA) is 81.1 Å². The van der Waals surface area contributed by atoms with Gasteiger partial charge in [0.1, 0.15) is 5.69 Å². The third-order valence-corrected chi connectivity index (χ3v) is 4.95. The number of aliphatic hydroxyl groups is 1. The summed E-state index contributed by atoms with van der Waals surface area (Å²) in [4.78, 5) is 9.15. The van der Waals surface area contributed by atoms with Crippen molar-refractivity contribution in [1.82, 2.24) is 29.4 Å². The zero-order valence-corrected chi connectivity index (χ0v) is 14.2. The van der Waals surface area contributed by atoms with Crippen LogP contribution in [0.5, 0.6) is 0 Å². The summed E-state index contributed by atoms with van der Waals surface area (Å²) >= 11 is 0. The fraction of sp³-hybridized carbons (Fsp3) is 0.263. The molecule has 0 aliphatic heterocycles. The van der Waals surface area contributed by atoms with Gasteiger partial charge in [-0.2, -0.15) is 10.2 Å². The molecule has 1 aliphatic rings. The van der Waals surface area contributed by atoms with Crippen LogP contribution in [-0.2, 0) is 12.0 Å². The molecule has 3 heterocycles. The summed E-state index contributed by atoms with van der Waals surface area (Å²) in [6.07, 6.45) is 5.66. The Morgan fingerprint density at radius 2 is 1.92 bits per heavy atom. The minimum atomic E-state index is -0.117. The third-order valence-electron chi connectivity index (χ3n) is 4.95. The number of nitrogens with zero attached hydrogens (tertiary/aromatic N) is 6. The molecule has 3 aromatic heterocycles. The van der Waals surface area contributed by atoms with Gasteiger partial charge in [-0.1, -0.05) is 30.3 Å². The van der Waals surface area contributed by atoms with E-state index >= 15 is 0 Å². The first-order chi connectivity index (χ1) is 12.8. The van der Waals surface area contributed by atoms with E-state index in [1.165, 1.54) is 5.56 Å². The van der Waals surface area contributed by atoms with Gasteiger partial charge in [-0.05, 0) is 24.5 Å². The van der Waals surface area contributed by atoms with Crippen LogP contribution in [0.2, 0.25) is 0 Å². The van der Waals surface area contributed by atoms with Gasteiger partial charge in [-0.3, -0.25) is 0 Å². The van der Waals surface area contributed by atoms with Gasteiger partial charge < -0.3 is 5.11 Å². The van der Waals surface area contributed by atoms with Crippen molar-refractivity contribution < 1.29 is 5.11 Å². The minimum Gasteiger partial charge on any atom is -0.394 e.